The minimum absolute atomic E-state index is 0.109. The highest BCUT2D eigenvalue weighted by atomic mass is 16.4. The lowest BCUT2D eigenvalue weighted by atomic mass is 9.91. The van der Waals surface area contributed by atoms with Gasteiger partial charge in [-0.25, -0.2) is 9.59 Å². The third-order valence-corrected chi connectivity index (χ3v) is 4.08. The van der Waals surface area contributed by atoms with E-state index in [1.165, 1.54) is 0 Å². The van der Waals surface area contributed by atoms with Crippen molar-refractivity contribution >= 4 is 12.0 Å². The highest BCUT2D eigenvalue weighted by molar-refractivity contribution is 5.86. The summed E-state index contributed by atoms with van der Waals surface area (Å²) in [7, 11) is 0. The molecule has 3 N–H and O–H groups in total. The number of nitrogens with one attached hydrogen (secondary N) is 1. The van der Waals surface area contributed by atoms with Crippen LogP contribution in [-0.4, -0.2) is 51.8 Å². The van der Waals surface area contributed by atoms with Gasteiger partial charge in [-0.2, -0.15) is 0 Å². The van der Waals surface area contributed by atoms with Crippen LogP contribution in [0.25, 0.3) is 0 Å². The average Bonchev–Trinajstić information content (AvgIpc) is 2.32. The third-order valence-electron chi connectivity index (χ3n) is 4.08. The molecule has 0 atom stereocenters. The summed E-state index contributed by atoms with van der Waals surface area (Å²) < 4.78 is 0. The molecular formula is C13H24N2O4. The van der Waals surface area contributed by atoms with Crippen LogP contribution in [0.1, 0.15) is 46.0 Å². The topological polar surface area (TPSA) is 89.9 Å². The van der Waals surface area contributed by atoms with E-state index in [4.69, 9.17) is 5.11 Å². The quantitative estimate of drug-likeness (QED) is 0.649. The number of carboxylic acid groups (broad SMARTS) is 1. The summed E-state index contributed by atoms with van der Waals surface area (Å²) in [4.78, 5) is 25.2. The SMILES string of the molecule is CCC(CC)(NC(=O)N(CCO)C1CCC1)C(=O)O. The van der Waals surface area contributed by atoms with Gasteiger partial charge in [-0.1, -0.05) is 13.8 Å². The van der Waals surface area contributed by atoms with Gasteiger partial charge in [0.2, 0.25) is 0 Å². The molecule has 6 nitrogen and oxygen atoms in total. The number of aliphatic carboxylic acids is 1. The predicted octanol–water partition coefficient (Wildman–Crippen LogP) is 1.19. The van der Waals surface area contributed by atoms with Gasteiger partial charge in [-0.15, -0.1) is 0 Å². The Morgan fingerprint density at radius 2 is 1.89 bits per heavy atom. The lowest BCUT2D eigenvalue weighted by Gasteiger charge is -2.39. The Hall–Kier alpha value is -1.30. The van der Waals surface area contributed by atoms with Crippen molar-refractivity contribution in [3.8, 4) is 0 Å². The molecule has 0 aromatic rings. The van der Waals surface area contributed by atoms with Crippen molar-refractivity contribution in [1.82, 2.24) is 10.2 Å². The van der Waals surface area contributed by atoms with Gasteiger partial charge in [0.15, 0.2) is 0 Å². The lowest BCUT2D eigenvalue weighted by Crippen LogP contribution is -2.60. The van der Waals surface area contributed by atoms with E-state index in [9.17, 15) is 14.7 Å². The maximum Gasteiger partial charge on any atom is 0.329 e. The normalized spacial score (nSPS) is 15.7. The molecule has 1 aliphatic carbocycles. The Morgan fingerprint density at radius 3 is 2.21 bits per heavy atom. The minimum atomic E-state index is -1.21. The highest BCUT2D eigenvalue weighted by Crippen LogP contribution is 2.25. The summed E-state index contributed by atoms with van der Waals surface area (Å²) in [5.41, 5.74) is -1.21. The number of hydrogen-bond acceptors (Lipinski definition) is 3. The lowest BCUT2D eigenvalue weighted by molar-refractivity contribution is -0.144. The first-order chi connectivity index (χ1) is 9.00. The van der Waals surface area contributed by atoms with Gasteiger partial charge in [-0.05, 0) is 32.1 Å². The maximum absolute atomic E-state index is 12.2. The number of aliphatic hydroxyl groups is 1. The van der Waals surface area contributed by atoms with Gasteiger partial charge in [-0.3, -0.25) is 0 Å². The van der Waals surface area contributed by atoms with Crippen LogP contribution in [-0.2, 0) is 4.79 Å². The number of carbonyl (C=O) groups is 2. The first-order valence-corrected chi connectivity index (χ1v) is 6.93. The van der Waals surface area contributed by atoms with E-state index < -0.39 is 11.5 Å². The van der Waals surface area contributed by atoms with Crippen LogP contribution in [0, 0.1) is 0 Å². The van der Waals surface area contributed by atoms with Crippen LogP contribution in [0.4, 0.5) is 4.79 Å². The second kappa shape index (κ2) is 6.75. The minimum Gasteiger partial charge on any atom is -0.480 e. The van der Waals surface area contributed by atoms with Crippen molar-refractivity contribution < 1.29 is 19.8 Å². The van der Waals surface area contributed by atoms with Crippen LogP contribution in [0.2, 0.25) is 0 Å². The second-order valence-corrected chi connectivity index (χ2v) is 5.03. The van der Waals surface area contributed by atoms with E-state index in [1.807, 2.05) is 0 Å². The maximum atomic E-state index is 12.2. The van der Waals surface area contributed by atoms with Gasteiger partial charge in [0.05, 0.1) is 6.61 Å². The molecule has 1 aliphatic rings. The van der Waals surface area contributed by atoms with Crippen LogP contribution >= 0.6 is 0 Å². The fraction of sp³-hybridized carbons (Fsp3) is 0.846. The number of amides is 2. The number of rotatable bonds is 7. The van der Waals surface area contributed by atoms with Gasteiger partial charge in [0.1, 0.15) is 5.54 Å². The van der Waals surface area contributed by atoms with Crippen LogP contribution in [0.5, 0.6) is 0 Å². The van der Waals surface area contributed by atoms with E-state index in [-0.39, 0.29) is 25.2 Å². The van der Waals surface area contributed by atoms with E-state index in [0.29, 0.717) is 12.8 Å². The molecule has 1 rings (SSSR count). The number of nitrogens with zero attached hydrogens (tertiary/aromatic N) is 1. The number of urea groups is 1. The molecule has 0 spiro atoms. The van der Waals surface area contributed by atoms with E-state index in [2.05, 4.69) is 5.32 Å². The Kier molecular flexibility index (Phi) is 5.60. The van der Waals surface area contributed by atoms with Crippen LogP contribution in [0.3, 0.4) is 0 Å². The summed E-state index contributed by atoms with van der Waals surface area (Å²) in [5.74, 6) is -1.01. The first kappa shape index (κ1) is 15.8. The number of aliphatic hydroxyl groups excluding tert-OH is 1. The summed E-state index contributed by atoms with van der Waals surface area (Å²) in [6, 6.07) is -0.253. The molecule has 19 heavy (non-hydrogen) atoms. The molecule has 2 amide bonds. The zero-order chi connectivity index (χ0) is 14.5. The molecule has 0 heterocycles. The fourth-order valence-electron chi connectivity index (χ4n) is 2.32. The first-order valence-electron chi connectivity index (χ1n) is 6.93. The molecule has 0 aromatic carbocycles. The molecule has 6 heteroatoms. The predicted molar refractivity (Wildman–Crippen MR) is 70.9 cm³/mol. The third kappa shape index (κ3) is 3.37. The zero-order valence-corrected chi connectivity index (χ0v) is 11.7. The van der Waals surface area contributed by atoms with E-state index in [1.54, 1.807) is 18.7 Å². The molecular weight excluding hydrogens is 248 g/mol. The average molecular weight is 272 g/mol. The van der Waals surface area contributed by atoms with Gasteiger partial charge >= 0.3 is 12.0 Å². The molecule has 0 aromatic heterocycles. The van der Waals surface area contributed by atoms with Crippen LogP contribution in [0.15, 0.2) is 0 Å². The molecule has 0 saturated heterocycles. The molecule has 1 saturated carbocycles. The van der Waals surface area contributed by atoms with Gasteiger partial charge in [0.25, 0.3) is 0 Å². The second-order valence-electron chi connectivity index (χ2n) is 5.03. The highest BCUT2D eigenvalue weighted by Gasteiger charge is 2.39. The van der Waals surface area contributed by atoms with Crippen LogP contribution < -0.4 is 5.32 Å². The molecule has 110 valence electrons. The zero-order valence-electron chi connectivity index (χ0n) is 11.7. The van der Waals surface area contributed by atoms with Crippen molar-refractivity contribution in [3.05, 3.63) is 0 Å². The Morgan fingerprint density at radius 1 is 1.32 bits per heavy atom. The summed E-state index contributed by atoms with van der Waals surface area (Å²) in [6.07, 6.45) is 3.59. The smallest absolute Gasteiger partial charge is 0.329 e. The molecule has 1 fully saturated rings. The van der Waals surface area contributed by atoms with Crippen molar-refractivity contribution in [3.63, 3.8) is 0 Å². The van der Waals surface area contributed by atoms with Crippen molar-refractivity contribution in [1.29, 1.82) is 0 Å². The van der Waals surface area contributed by atoms with Gasteiger partial charge < -0.3 is 20.4 Å². The van der Waals surface area contributed by atoms with E-state index in [0.717, 1.165) is 19.3 Å². The summed E-state index contributed by atoms with van der Waals surface area (Å²) in [6.45, 7) is 3.64. The Balaban J connectivity index is 2.75. The monoisotopic (exact) mass is 272 g/mol. The largest absolute Gasteiger partial charge is 0.480 e. The number of carbonyl (C=O) groups excluding carboxylic acids is 1. The van der Waals surface area contributed by atoms with Crippen molar-refractivity contribution in [2.24, 2.45) is 0 Å². The summed E-state index contributed by atoms with van der Waals surface area (Å²) >= 11 is 0. The molecule has 0 bridgehead atoms. The Labute approximate surface area is 113 Å². The summed E-state index contributed by atoms with van der Waals surface area (Å²) in [5, 5.41) is 21.0. The van der Waals surface area contributed by atoms with Crippen molar-refractivity contribution in [2.45, 2.75) is 57.5 Å². The Bertz CT molecular complexity index is 325. The fourth-order valence-corrected chi connectivity index (χ4v) is 2.32. The molecule has 0 aliphatic heterocycles. The van der Waals surface area contributed by atoms with E-state index >= 15 is 0 Å². The standard InChI is InChI=1S/C13H24N2O4/c1-3-13(4-2,11(17)18)14-12(19)15(8-9-16)10-6-5-7-10/h10,16H,3-9H2,1-2H3,(H,14,19)(H,17,18). The number of carboxylic acids is 1. The number of hydrogen-bond donors (Lipinski definition) is 3. The molecule has 0 unspecified atom stereocenters. The molecule has 0 radical (unpaired) electrons. The van der Waals surface area contributed by atoms with Crippen molar-refractivity contribution in [2.75, 3.05) is 13.2 Å². The van der Waals surface area contributed by atoms with Gasteiger partial charge in [0, 0.05) is 12.6 Å².